The van der Waals surface area contributed by atoms with Crippen molar-refractivity contribution >= 4 is 40.9 Å². The fourth-order valence-electron chi connectivity index (χ4n) is 5.20. The summed E-state index contributed by atoms with van der Waals surface area (Å²) < 4.78 is 21.7. The van der Waals surface area contributed by atoms with Gasteiger partial charge in [-0.3, -0.25) is 38.9 Å². The molecule has 0 aliphatic carbocycles. The van der Waals surface area contributed by atoms with E-state index in [2.05, 4.69) is 15.7 Å². The van der Waals surface area contributed by atoms with Gasteiger partial charge in [-0.1, -0.05) is 0 Å². The molecule has 38 heavy (non-hydrogen) atoms. The van der Waals surface area contributed by atoms with Crippen LogP contribution in [-0.4, -0.2) is 77.1 Å². The third-order valence-corrected chi connectivity index (χ3v) is 7.10. The molecular formula is C25H27FN6O6. The molecular weight excluding hydrogens is 499 g/mol. The second-order valence-corrected chi connectivity index (χ2v) is 9.66. The first-order valence-corrected chi connectivity index (χ1v) is 12.4. The molecule has 3 aliphatic rings. The van der Waals surface area contributed by atoms with E-state index in [1.54, 1.807) is 17.1 Å². The van der Waals surface area contributed by atoms with Crippen LogP contribution in [0.4, 0.5) is 15.8 Å². The fraction of sp³-hybridized carbons (Fsp3) is 0.440. The maximum atomic E-state index is 15.1. The van der Waals surface area contributed by atoms with Crippen LogP contribution in [0.15, 0.2) is 24.5 Å². The molecule has 0 radical (unpaired) electrons. The molecule has 4 heterocycles. The number of carbonyl (C=O) groups is 5. The van der Waals surface area contributed by atoms with E-state index in [4.69, 9.17) is 4.74 Å². The number of fused-ring (bicyclic) bond motifs is 1. The number of hydrogen-bond donors (Lipinski definition) is 2. The van der Waals surface area contributed by atoms with Crippen molar-refractivity contribution in [3.8, 4) is 0 Å². The summed E-state index contributed by atoms with van der Waals surface area (Å²) in [5.41, 5.74) is 0.784. The van der Waals surface area contributed by atoms with Gasteiger partial charge in [-0.2, -0.15) is 5.10 Å². The topological polar surface area (TPSA) is 143 Å². The van der Waals surface area contributed by atoms with Gasteiger partial charge >= 0.3 is 0 Å². The van der Waals surface area contributed by atoms with Crippen LogP contribution < -0.4 is 15.5 Å². The van der Waals surface area contributed by atoms with Crippen LogP contribution in [0.1, 0.15) is 46.4 Å². The number of carbonyl (C=O) groups excluding carboxylic acids is 5. The molecule has 3 aliphatic heterocycles. The first kappa shape index (κ1) is 25.5. The molecule has 2 saturated heterocycles. The number of ether oxygens (including phenoxy) is 1. The Morgan fingerprint density at radius 1 is 1.13 bits per heavy atom. The van der Waals surface area contributed by atoms with Gasteiger partial charge in [0.1, 0.15) is 18.5 Å². The second-order valence-electron chi connectivity index (χ2n) is 9.66. The number of hydrogen-bond acceptors (Lipinski definition) is 8. The van der Waals surface area contributed by atoms with Gasteiger partial charge < -0.3 is 15.0 Å². The van der Waals surface area contributed by atoms with E-state index in [1.165, 1.54) is 13.2 Å². The number of rotatable bonds is 7. The van der Waals surface area contributed by atoms with Crippen LogP contribution in [0.2, 0.25) is 0 Å². The molecule has 0 bridgehead atoms. The van der Waals surface area contributed by atoms with Gasteiger partial charge in [-0.25, -0.2) is 4.39 Å². The van der Waals surface area contributed by atoms with Crippen molar-refractivity contribution in [1.82, 2.24) is 20.0 Å². The van der Waals surface area contributed by atoms with Crippen molar-refractivity contribution in [3.63, 3.8) is 0 Å². The summed E-state index contributed by atoms with van der Waals surface area (Å²) in [6.45, 7) is 1.67. The Balaban J connectivity index is 1.23. The van der Waals surface area contributed by atoms with Crippen molar-refractivity contribution in [2.24, 2.45) is 5.92 Å². The summed E-state index contributed by atoms with van der Waals surface area (Å²) in [6.07, 6.45) is 4.86. The van der Waals surface area contributed by atoms with Crippen LogP contribution in [0.25, 0.3) is 0 Å². The Morgan fingerprint density at radius 3 is 2.53 bits per heavy atom. The summed E-state index contributed by atoms with van der Waals surface area (Å²) in [7, 11) is 1.44. The molecule has 1 aromatic heterocycles. The number of piperidine rings is 2. The molecule has 200 valence electrons. The predicted molar refractivity (Wildman–Crippen MR) is 131 cm³/mol. The van der Waals surface area contributed by atoms with Gasteiger partial charge in [-0.15, -0.1) is 0 Å². The summed E-state index contributed by atoms with van der Waals surface area (Å²) >= 11 is 0. The molecule has 2 aromatic rings. The zero-order valence-corrected chi connectivity index (χ0v) is 20.7. The number of nitrogens with zero attached hydrogens (tertiary/aromatic N) is 4. The van der Waals surface area contributed by atoms with Crippen molar-refractivity contribution in [3.05, 3.63) is 41.5 Å². The van der Waals surface area contributed by atoms with Gasteiger partial charge in [0.2, 0.25) is 17.7 Å². The lowest BCUT2D eigenvalue weighted by Gasteiger charge is -2.34. The van der Waals surface area contributed by atoms with E-state index in [0.717, 1.165) is 23.8 Å². The van der Waals surface area contributed by atoms with E-state index in [9.17, 15) is 24.0 Å². The van der Waals surface area contributed by atoms with Crippen LogP contribution in [0, 0.1) is 11.7 Å². The summed E-state index contributed by atoms with van der Waals surface area (Å²) in [6, 6.07) is 1.35. The molecule has 5 rings (SSSR count). The number of anilines is 2. The van der Waals surface area contributed by atoms with E-state index in [-0.39, 0.29) is 48.1 Å². The quantitative estimate of drug-likeness (QED) is 0.507. The SMILES string of the molecule is COCC(=O)Nc1cnn(CC2CCN(c3cc4c(cc3F)C(=O)N(C3CCC(=O)NC3=O)C4=O)CC2)c1. The van der Waals surface area contributed by atoms with Gasteiger partial charge in [0.25, 0.3) is 11.8 Å². The van der Waals surface area contributed by atoms with Gasteiger partial charge in [-0.05, 0) is 37.3 Å². The van der Waals surface area contributed by atoms with Crippen LogP contribution >= 0.6 is 0 Å². The van der Waals surface area contributed by atoms with E-state index in [0.29, 0.717) is 25.3 Å². The van der Waals surface area contributed by atoms with Crippen molar-refractivity contribution in [1.29, 1.82) is 0 Å². The molecule has 12 nitrogen and oxygen atoms in total. The number of imide groups is 2. The standard InChI is InChI=1S/C25H27FN6O6/c1-38-13-22(34)28-15-10-27-31(12-15)11-14-4-6-30(7-5-14)20-9-17-16(8-18(20)26)24(36)32(25(17)37)19-2-3-21(33)29-23(19)35/h8-10,12,14,19H,2-7,11,13H2,1H3,(H,28,34)(H,29,33,35). The van der Waals surface area contributed by atoms with E-state index in [1.807, 2.05) is 4.90 Å². The van der Waals surface area contributed by atoms with Crippen molar-refractivity contribution < 1.29 is 33.1 Å². The maximum absolute atomic E-state index is 15.1. The fourth-order valence-corrected chi connectivity index (χ4v) is 5.20. The minimum atomic E-state index is -1.10. The highest BCUT2D eigenvalue weighted by atomic mass is 19.1. The first-order valence-electron chi connectivity index (χ1n) is 12.4. The number of nitrogens with one attached hydrogen (secondary N) is 2. The highest BCUT2D eigenvalue weighted by Crippen LogP contribution is 2.34. The largest absolute Gasteiger partial charge is 0.375 e. The zero-order chi connectivity index (χ0) is 27.0. The van der Waals surface area contributed by atoms with Crippen molar-refractivity contribution in [2.75, 3.05) is 37.0 Å². The monoisotopic (exact) mass is 526 g/mol. The minimum Gasteiger partial charge on any atom is -0.375 e. The Hall–Kier alpha value is -4.13. The number of methoxy groups -OCH3 is 1. The summed E-state index contributed by atoms with van der Waals surface area (Å²) in [4.78, 5) is 64.1. The normalized spacial score (nSPS) is 20.1. The molecule has 1 aromatic carbocycles. The average molecular weight is 527 g/mol. The summed E-state index contributed by atoms with van der Waals surface area (Å²) in [5.74, 6) is -3.17. The molecule has 1 atom stereocenters. The molecule has 2 N–H and O–H groups in total. The Morgan fingerprint density at radius 2 is 1.84 bits per heavy atom. The average Bonchev–Trinajstić information content (AvgIpc) is 3.41. The molecule has 1 unspecified atom stereocenters. The number of amides is 5. The Kier molecular flexibility index (Phi) is 6.93. The predicted octanol–water partition coefficient (Wildman–Crippen LogP) is 0.925. The molecule has 0 spiro atoms. The van der Waals surface area contributed by atoms with E-state index < -0.39 is 35.5 Å². The third kappa shape index (κ3) is 4.88. The molecule has 0 saturated carbocycles. The van der Waals surface area contributed by atoms with Crippen LogP contribution in [-0.2, 0) is 25.7 Å². The third-order valence-electron chi connectivity index (χ3n) is 7.10. The Labute approximate surface area is 217 Å². The van der Waals surface area contributed by atoms with Crippen molar-refractivity contribution in [2.45, 2.75) is 38.3 Å². The van der Waals surface area contributed by atoms with Crippen LogP contribution in [0.5, 0.6) is 0 Å². The lowest BCUT2D eigenvalue weighted by molar-refractivity contribution is -0.136. The molecule has 13 heteroatoms. The number of halogens is 1. The minimum absolute atomic E-state index is 0.0145. The molecule has 2 fully saturated rings. The first-order chi connectivity index (χ1) is 18.2. The smallest absolute Gasteiger partial charge is 0.262 e. The molecule has 5 amide bonds. The van der Waals surface area contributed by atoms with Crippen LogP contribution in [0.3, 0.4) is 0 Å². The highest BCUT2D eigenvalue weighted by Gasteiger charge is 2.45. The highest BCUT2D eigenvalue weighted by molar-refractivity contribution is 6.23. The number of aromatic nitrogens is 2. The summed E-state index contributed by atoms with van der Waals surface area (Å²) in [5, 5.41) is 9.14. The zero-order valence-electron chi connectivity index (χ0n) is 20.7. The van der Waals surface area contributed by atoms with Gasteiger partial charge in [0.15, 0.2) is 0 Å². The number of benzene rings is 1. The van der Waals surface area contributed by atoms with E-state index >= 15 is 4.39 Å². The Bertz CT molecular complexity index is 1320. The lowest BCUT2D eigenvalue weighted by atomic mass is 9.96. The van der Waals surface area contributed by atoms with Gasteiger partial charge in [0.05, 0.1) is 28.7 Å². The second kappa shape index (κ2) is 10.3. The lowest BCUT2D eigenvalue weighted by Crippen LogP contribution is -2.54. The van der Waals surface area contributed by atoms with Gasteiger partial charge in [0, 0.05) is 39.4 Å². The maximum Gasteiger partial charge on any atom is 0.262 e.